The van der Waals surface area contributed by atoms with Gasteiger partial charge in [0.25, 0.3) is 5.78 Å². The Balaban J connectivity index is 6.03. The van der Waals surface area contributed by atoms with Crippen molar-refractivity contribution in [2.75, 3.05) is 0 Å². The summed E-state index contributed by atoms with van der Waals surface area (Å²) in [5.74, 6) is -12.8. The Morgan fingerprint density at radius 1 is 1.06 bits per heavy atom. The molecule has 0 aromatic rings. The van der Waals surface area contributed by atoms with Crippen molar-refractivity contribution in [3.05, 3.63) is 0 Å². The fraction of sp³-hybridized carbons (Fsp3) is 0.667. The maximum Gasteiger partial charge on any atom is 0.408 e. The predicted molar refractivity (Wildman–Crippen MR) is 47.0 cm³/mol. The highest BCUT2D eigenvalue weighted by Gasteiger charge is 2.74. The van der Waals surface area contributed by atoms with E-state index in [-0.39, 0.29) is 6.92 Å². The van der Waals surface area contributed by atoms with Crippen LogP contribution >= 0.6 is 0 Å². The molecule has 0 saturated heterocycles. The monoisotopic (exact) mass is 276 g/mol. The van der Waals surface area contributed by atoms with Gasteiger partial charge in [0.1, 0.15) is 0 Å². The Morgan fingerprint density at radius 3 is 1.67 bits per heavy atom. The third-order valence-electron chi connectivity index (χ3n) is 2.51. The SMILES string of the molecule is CCC(=O)C(F)(F)C(C)(C(=O)C(=O)O)C(F)(F)F. The first-order valence-corrected chi connectivity index (χ1v) is 4.59. The first kappa shape index (κ1) is 16.5. The van der Waals surface area contributed by atoms with Crippen molar-refractivity contribution in [1.82, 2.24) is 0 Å². The van der Waals surface area contributed by atoms with E-state index >= 15 is 0 Å². The minimum atomic E-state index is -5.88. The summed E-state index contributed by atoms with van der Waals surface area (Å²) in [6.07, 6.45) is -6.84. The molecule has 1 unspecified atom stereocenters. The Hall–Kier alpha value is -1.54. The number of carbonyl (C=O) groups excluding carboxylic acids is 2. The molecule has 0 spiro atoms. The van der Waals surface area contributed by atoms with E-state index in [0.717, 1.165) is 6.92 Å². The van der Waals surface area contributed by atoms with Gasteiger partial charge in [-0.2, -0.15) is 22.0 Å². The molecule has 0 rings (SSSR count). The predicted octanol–water partition coefficient (Wildman–Crippen LogP) is 1.82. The third-order valence-corrected chi connectivity index (χ3v) is 2.51. The maximum atomic E-state index is 13.4. The second-order valence-electron chi connectivity index (χ2n) is 3.61. The molecule has 18 heavy (non-hydrogen) atoms. The van der Waals surface area contributed by atoms with E-state index in [4.69, 9.17) is 5.11 Å². The largest absolute Gasteiger partial charge is 0.475 e. The van der Waals surface area contributed by atoms with Crippen LogP contribution in [0.3, 0.4) is 0 Å². The average Bonchev–Trinajstić information content (AvgIpc) is 2.23. The summed E-state index contributed by atoms with van der Waals surface area (Å²) >= 11 is 0. The number of halogens is 5. The Labute approximate surface area is 97.8 Å². The number of Topliss-reactive ketones (excluding diaryl/α,β-unsaturated/α-hetero) is 2. The molecule has 0 bridgehead atoms. The van der Waals surface area contributed by atoms with Crippen molar-refractivity contribution in [3.8, 4) is 0 Å². The molecule has 104 valence electrons. The van der Waals surface area contributed by atoms with Gasteiger partial charge in [-0.15, -0.1) is 0 Å². The third kappa shape index (κ3) is 2.21. The molecule has 0 radical (unpaired) electrons. The van der Waals surface area contributed by atoms with Crippen LogP contribution in [0.25, 0.3) is 0 Å². The van der Waals surface area contributed by atoms with E-state index < -0.39 is 41.5 Å². The quantitative estimate of drug-likeness (QED) is 0.614. The summed E-state index contributed by atoms with van der Waals surface area (Å²) in [5, 5.41) is 8.20. The van der Waals surface area contributed by atoms with Gasteiger partial charge in [0.15, 0.2) is 0 Å². The molecule has 9 heteroatoms. The van der Waals surface area contributed by atoms with Crippen LogP contribution in [0.2, 0.25) is 0 Å². The number of hydrogen-bond donors (Lipinski definition) is 1. The lowest BCUT2D eigenvalue weighted by Gasteiger charge is -2.34. The molecular formula is C9H9F5O4. The molecule has 0 aromatic carbocycles. The van der Waals surface area contributed by atoms with Crippen molar-refractivity contribution in [2.45, 2.75) is 32.4 Å². The van der Waals surface area contributed by atoms with Crippen molar-refractivity contribution in [1.29, 1.82) is 0 Å². The van der Waals surface area contributed by atoms with Gasteiger partial charge in [0.05, 0.1) is 0 Å². The number of carbonyl (C=O) groups is 3. The molecule has 0 aliphatic rings. The van der Waals surface area contributed by atoms with E-state index in [1.54, 1.807) is 0 Å². The molecule has 0 saturated carbocycles. The summed E-state index contributed by atoms with van der Waals surface area (Å²) in [4.78, 5) is 32.0. The van der Waals surface area contributed by atoms with E-state index in [0.29, 0.717) is 0 Å². The maximum absolute atomic E-state index is 13.4. The van der Waals surface area contributed by atoms with E-state index in [1.807, 2.05) is 0 Å². The van der Waals surface area contributed by atoms with Crippen LogP contribution in [0.5, 0.6) is 0 Å². The zero-order valence-corrected chi connectivity index (χ0v) is 9.27. The summed E-state index contributed by atoms with van der Waals surface area (Å²) < 4.78 is 64.6. The second-order valence-corrected chi connectivity index (χ2v) is 3.61. The standard InChI is InChI=1S/C9H9F5O4/c1-3-4(15)8(10,11)7(2,9(12,13)14)5(16)6(17)18/h3H2,1-2H3,(H,17,18). The molecule has 0 aromatic heterocycles. The van der Waals surface area contributed by atoms with Crippen molar-refractivity contribution in [2.24, 2.45) is 5.41 Å². The lowest BCUT2D eigenvalue weighted by atomic mass is 9.76. The van der Waals surface area contributed by atoms with Crippen LogP contribution < -0.4 is 0 Å². The lowest BCUT2D eigenvalue weighted by molar-refractivity contribution is -0.271. The van der Waals surface area contributed by atoms with Gasteiger partial charge in [-0.3, -0.25) is 9.59 Å². The molecule has 1 N–H and O–H groups in total. The van der Waals surface area contributed by atoms with Crippen molar-refractivity contribution < 1.29 is 41.4 Å². The highest BCUT2D eigenvalue weighted by molar-refractivity contribution is 6.36. The number of carboxylic acids is 1. The van der Waals surface area contributed by atoms with Gasteiger partial charge in [-0.05, 0) is 6.92 Å². The van der Waals surface area contributed by atoms with Gasteiger partial charge in [0.2, 0.25) is 11.2 Å². The molecule has 4 nitrogen and oxygen atoms in total. The summed E-state index contributed by atoms with van der Waals surface area (Å²) in [6.45, 7) is 0.579. The first-order valence-electron chi connectivity index (χ1n) is 4.59. The molecule has 0 aliphatic carbocycles. The molecule has 0 amide bonds. The summed E-state index contributed by atoms with van der Waals surface area (Å²) in [6, 6.07) is 0. The van der Waals surface area contributed by atoms with Crippen LogP contribution in [-0.2, 0) is 14.4 Å². The second kappa shape index (κ2) is 4.62. The van der Waals surface area contributed by atoms with Crippen molar-refractivity contribution >= 4 is 17.5 Å². The zero-order chi connectivity index (χ0) is 14.9. The van der Waals surface area contributed by atoms with Crippen molar-refractivity contribution in [3.63, 3.8) is 0 Å². The van der Waals surface area contributed by atoms with Crippen LogP contribution in [0.4, 0.5) is 22.0 Å². The zero-order valence-electron chi connectivity index (χ0n) is 9.27. The minimum absolute atomic E-state index is 0.295. The fourth-order valence-electron chi connectivity index (χ4n) is 1.16. The minimum Gasteiger partial charge on any atom is -0.475 e. The smallest absolute Gasteiger partial charge is 0.408 e. The Morgan fingerprint density at radius 2 is 1.44 bits per heavy atom. The van der Waals surface area contributed by atoms with Crippen LogP contribution in [0.1, 0.15) is 20.3 Å². The summed E-state index contributed by atoms with van der Waals surface area (Å²) in [7, 11) is 0. The molecule has 1 atom stereocenters. The molecule has 0 fully saturated rings. The van der Waals surface area contributed by atoms with Gasteiger partial charge in [-0.1, -0.05) is 6.92 Å². The van der Waals surface area contributed by atoms with Gasteiger partial charge >= 0.3 is 18.1 Å². The highest BCUT2D eigenvalue weighted by Crippen LogP contribution is 2.50. The summed E-state index contributed by atoms with van der Waals surface area (Å²) in [5.41, 5.74) is -4.58. The van der Waals surface area contributed by atoms with E-state index in [1.165, 1.54) is 0 Å². The molecular weight excluding hydrogens is 267 g/mol. The fourth-order valence-corrected chi connectivity index (χ4v) is 1.16. The Kier molecular flexibility index (Phi) is 4.22. The van der Waals surface area contributed by atoms with Gasteiger partial charge in [0, 0.05) is 6.42 Å². The van der Waals surface area contributed by atoms with E-state index in [9.17, 15) is 36.3 Å². The number of hydrogen-bond acceptors (Lipinski definition) is 3. The Bertz CT molecular complexity index is 387. The topological polar surface area (TPSA) is 71.4 Å². The van der Waals surface area contributed by atoms with E-state index in [2.05, 4.69) is 0 Å². The van der Waals surface area contributed by atoms with Crippen LogP contribution in [0.15, 0.2) is 0 Å². The lowest BCUT2D eigenvalue weighted by Crippen LogP contribution is -2.60. The number of aliphatic carboxylic acids is 1. The number of carboxylic acid groups (broad SMARTS) is 1. The van der Waals surface area contributed by atoms with Gasteiger partial charge < -0.3 is 5.11 Å². The van der Waals surface area contributed by atoms with Crippen LogP contribution in [-0.4, -0.2) is 34.7 Å². The highest BCUT2D eigenvalue weighted by atomic mass is 19.4. The van der Waals surface area contributed by atoms with Gasteiger partial charge in [-0.25, -0.2) is 4.79 Å². The first-order chi connectivity index (χ1) is 7.84. The van der Waals surface area contributed by atoms with Crippen LogP contribution in [0, 0.1) is 5.41 Å². The number of rotatable bonds is 5. The average molecular weight is 276 g/mol. The normalized spacial score (nSPS) is 15.9. The number of alkyl halides is 5. The number of ketones is 2. The molecule has 0 heterocycles. The molecule has 0 aliphatic heterocycles.